The van der Waals surface area contributed by atoms with E-state index in [1.807, 2.05) is 0 Å². The maximum absolute atomic E-state index is 12.1. The van der Waals surface area contributed by atoms with Gasteiger partial charge in [-0.2, -0.15) is 0 Å². The van der Waals surface area contributed by atoms with Crippen LogP contribution in [0.1, 0.15) is 20.7 Å². The molecule has 120 valence electrons. The highest BCUT2D eigenvalue weighted by atomic mass is 35.5. The van der Waals surface area contributed by atoms with Gasteiger partial charge in [-0.1, -0.05) is 69.6 Å². The van der Waals surface area contributed by atoms with Crippen molar-refractivity contribution in [2.24, 2.45) is 0 Å². The summed E-state index contributed by atoms with van der Waals surface area (Å²) in [6.07, 6.45) is 0. The quantitative estimate of drug-likeness (QED) is 0.305. The zero-order valence-electron chi connectivity index (χ0n) is 10.8. The first-order valence-corrected chi connectivity index (χ1v) is 8.04. The molecule has 0 atom stereocenters. The second-order valence-corrected chi connectivity index (χ2v) is 6.50. The highest BCUT2D eigenvalue weighted by Crippen LogP contribution is 2.34. The van der Waals surface area contributed by atoms with Crippen molar-refractivity contribution in [2.75, 3.05) is 0 Å². The number of carbonyl (C=O) groups is 2. The monoisotopic (exact) mass is 430 g/mol. The van der Waals surface area contributed by atoms with E-state index >= 15 is 0 Å². The minimum atomic E-state index is -1.10. The van der Waals surface area contributed by atoms with E-state index in [4.69, 9.17) is 74.3 Å². The summed E-state index contributed by atoms with van der Waals surface area (Å²) < 4.78 is 4.72. The Labute approximate surface area is 160 Å². The number of carbonyl (C=O) groups excluding carboxylic acids is 2. The van der Waals surface area contributed by atoms with Crippen LogP contribution in [-0.2, 0) is 4.74 Å². The third-order valence-electron chi connectivity index (χ3n) is 2.68. The number of ether oxygens (including phenoxy) is 1. The molecule has 3 nitrogen and oxygen atoms in total. The maximum atomic E-state index is 12.1. The second-order valence-electron chi connectivity index (χ2n) is 4.11. The fraction of sp³-hybridized carbons (Fsp3) is 0. The van der Waals surface area contributed by atoms with E-state index in [9.17, 15) is 9.59 Å². The Kier molecular flexibility index (Phi) is 6.06. The standard InChI is InChI=1S/C14H4Cl6O3/c15-5-1-3-7(17)11(19)9(5)13(21)23-14(22)10-6(16)2-4-8(18)12(10)20/h1-4H. The molecule has 0 bridgehead atoms. The predicted molar refractivity (Wildman–Crippen MR) is 92.7 cm³/mol. The van der Waals surface area contributed by atoms with Crippen molar-refractivity contribution in [3.63, 3.8) is 0 Å². The topological polar surface area (TPSA) is 43.4 Å². The van der Waals surface area contributed by atoms with Gasteiger partial charge in [-0.15, -0.1) is 0 Å². The zero-order valence-corrected chi connectivity index (χ0v) is 15.3. The van der Waals surface area contributed by atoms with Gasteiger partial charge in [-0.25, -0.2) is 9.59 Å². The van der Waals surface area contributed by atoms with Gasteiger partial charge < -0.3 is 4.74 Å². The molecule has 23 heavy (non-hydrogen) atoms. The lowest BCUT2D eigenvalue weighted by Crippen LogP contribution is -2.15. The number of rotatable bonds is 2. The van der Waals surface area contributed by atoms with E-state index in [1.54, 1.807) is 0 Å². The van der Waals surface area contributed by atoms with Gasteiger partial charge in [-0.05, 0) is 24.3 Å². The van der Waals surface area contributed by atoms with Gasteiger partial charge in [0.1, 0.15) is 0 Å². The lowest BCUT2D eigenvalue weighted by Gasteiger charge is -2.10. The molecule has 0 aliphatic rings. The summed E-state index contributed by atoms with van der Waals surface area (Å²) in [5, 5.41) is -0.176. The van der Waals surface area contributed by atoms with Crippen LogP contribution in [0.5, 0.6) is 0 Å². The molecule has 0 saturated carbocycles. The summed E-state index contributed by atoms with van der Waals surface area (Å²) in [5.74, 6) is -2.20. The third-order valence-corrected chi connectivity index (χ3v) is 4.92. The molecule has 0 heterocycles. The SMILES string of the molecule is O=C(OC(=O)c1c(Cl)ccc(Cl)c1Cl)c1c(Cl)ccc(Cl)c1Cl. The van der Waals surface area contributed by atoms with E-state index < -0.39 is 11.9 Å². The summed E-state index contributed by atoms with van der Waals surface area (Å²) in [6.45, 7) is 0. The molecule has 0 N–H and O–H groups in total. The molecule has 0 aliphatic carbocycles. The first-order chi connectivity index (χ1) is 10.7. The molecule has 2 aromatic rings. The molecule has 0 saturated heterocycles. The number of hydrogen-bond acceptors (Lipinski definition) is 3. The van der Waals surface area contributed by atoms with Crippen molar-refractivity contribution in [3.8, 4) is 0 Å². The molecule has 0 unspecified atom stereocenters. The molecule has 9 heteroatoms. The van der Waals surface area contributed by atoms with Crippen LogP contribution in [0.4, 0.5) is 0 Å². The third kappa shape index (κ3) is 3.87. The highest BCUT2D eigenvalue weighted by molar-refractivity contribution is 6.47. The maximum Gasteiger partial charge on any atom is 0.349 e. The lowest BCUT2D eigenvalue weighted by molar-refractivity contribution is 0.0398. The Morgan fingerprint density at radius 2 is 0.913 bits per heavy atom. The Balaban J connectivity index is 2.37. The lowest BCUT2D eigenvalue weighted by atomic mass is 10.2. The van der Waals surface area contributed by atoms with E-state index in [0.29, 0.717) is 0 Å². The van der Waals surface area contributed by atoms with Crippen LogP contribution in [0.2, 0.25) is 30.1 Å². The minimum absolute atomic E-state index is 0.0273. The van der Waals surface area contributed by atoms with Crippen LogP contribution < -0.4 is 0 Å². The van der Waals surface area contributed by atoms with Crippen molar-refractivity contribution >= 4 is 81.5 Å². The predicted octanol–water partition coefficient (Wildman–Crippen LogP) is 6.60. The van der Waals surface area contributed by atoms with E-state index in [0.717, 1.165) is 0 Å². The zero-order chi connectivity index (χ0) is 17.3. The van der Waals surface area contributed by atoms with Crippen molar-refractivity contribution in [3.05, 3.63) is 65.5 Å². The van der Waals surface area contributed by atoms with Crippen molar-refractivity contribution < 1.29 is 14.3 Å². The molecule has 0 aromatic heterocycles. The summed E-state index contributed by atoms with van der Waals surface area (Å²) in [6, 6.07) is 5.48. The van der Waals surface area contributed by atoms with Crippen LogP contribution in [0, 0.1) is 0 Å². The smallest absolute Gasteiger partial charge is 0.349 e. The van der Waals surface area contributed by atoms with Crippen molar-refractivity contribution in [1.82, 2.24) is 0 Å². The van der Waals surface area contributed by atoms with Crippen LogP contribution in [0.15, 0.2) is 24.3 Å². The van der Waals surface area contributed by atoms with Crippen LogP contribution in [0.3, 0.4) is 0 Å². The first kappa shape index (κ1) is 18.7. The van der Waals surface area contributed by atoms with Crippen LogP contribution in [-0.4, -0.2) is 11.9 Å². The number of hydrogen-bond donors (Lipinski definition) is 0. The second kappa shape index (κ2) is 7.47. The van der Waals surface area contributed by atoms with Gasteiger partial charge in [-0.3, -0.25) is 0 Å². The van der Waals surface area contributed by atoms with Crippen molar-refractivity contribution in [2.45, 2.75) is 0 Å². The summed E-state index contributed by atoms with van der Waals surface area (Å²) in [7, 11) is 0. The highest BCUT2D eigenvalue weighted by Gasteiger charge is 2.25. The average Bonchev–Trinajstić information content (AvgIpc) is 2.47. The van der Waals surface area contributed by atoms with Gasteiger partial charge >= 0.3 is 11.9 Å². The number of esters is 2. The summed E-state index contributed by atoms with van der Waals surface area (Å²) in [4.78, 5) is 24.3. The molecule has 0 amide bonds. The van der Waals surface area contributed by atoms with Crippen molar-refractivity contribution in [1.29, 1.82) is 0 Å². The Hall–Kier alpha value is -0.680. The molecular formula is C14H4Cl6O3. The molecule has 2 rings (SSSR count). The first-order valence-electron chi connectivity index (χ1n) is 5.77. The molecule has 0 fully saturated rings. The largest absolute Gasteiger partial charge is 0.386 e. The molecule has 0 aliphatic heterocycles. The van der Waals surface area contributed by atoms with Gasteiger partial charge in [0.25, 0.3) is 0 Å². The van der Waals surface area contributed by atoms with E-state index in [2.05, 4.69) is 0 Å². The summed E-state index contributed by atoms with van der Waals surface area (Å²) in [5.41, 5.74) is -0.494. The summed E-state index contributed by atoms with van der Waals surface area (Å²) >= 11 is 35.2. The molecule has 0 spiro atoms. The normalized spacial score (nSPS) is 10.5. The Bertz CT molecular complexity index is 751. The molecular weight excluding hydrogens is 429 g/mol. The number of benzene rings is 2. The minimum Gasteiger partial charge on any atom is -0.386 e. The van der Waals surface area contributed by atoms with Gasteiger partial charge in [0.2, 0.25) is 0 Å². The van der Waals surface area contributed by atoms with E-state index in [-0.39, 0.29) is 41.3 Å². The van der Waals surface area contributed by atoms with Crippen LogP contribution >= 0.6 is 69.6 Å². The van der Waals surface area contributed by atoms with Gasteiger partial charge in [0.05, 0.1) is 41.3 Å². The Morgan fingerprint density at radius 3 is 1.26 bits per heavy atom. The van der Waals surface area contributed by atoms with Gasteiger partial charge in [0.15, 0.2) is 0 Å². The molecule has 0 radical (unpaired) electrons. The molecule has 2 aromatic carbocycles. The van der Waals surface area contributed by atoms with Crippen LogP contribution in [0.25, 0.3) is 0 Å². The fourth-order valence-corrected chi connectivity index (χ4v) is 2.98. The van der Waals surface area contributed by atoms with Gasteiger partial charge in [0, 0.05) is 0 Å². The average molecular weight is 433 g/mol. The Morgan fingerprint density at radius 1 is 0.609 bits per heavy atom. The van der Waals surface area contributed by atoms with E-state index in [1.165, 1.54) is 24.3 Å². The number of halogens is 6. The fourth-order valence-electron chi connectivity index (χ4n) is 1.61.